The van der Waals surface area contributed by atoms with Gasteiger partial charge < -0.3 is 9.84 Å². The van der Waals surface area contributed by atoms with Gasteiger partial charge >= 0.3 is 5.97 Å². The van der Waals surface area contributed by atoms with E-state index in [4.69, 9.17) is 4.74 Å². The van der Waals surface area contributed by atoms with E-state index < -0.39 is 5.97 Å². The Labute approximate surface area is 154 Å². The number of aliphatic imine (C=N–C) groups is 1. The average molecular weight is 368 g/mol. The van der Waals surface area contributed by atoms with E-state index in [0.29, 0.717) is 21.5 Å². The Morgan fingerprint density at radius 2 is 2.00 bits per heavy atom. The molecule has 1 N–H and O–H groups in total. The molecule has 2 aromatic carbocycles. The molecule has 3 rings (SSSR count). The van der Waals surface area contributed by atoms with Gasteiger partial charge in [0.2, 0.25) is 0 Å². The van der Waals surface area contributed by atoms with Crippen LogP contribution in [0.3, 0.4) is 0 Å². The fourth-order valence-corrected chi connectivity index (χ4v) is 3.37. The molecule has 6 nitrogen and oxygen atoms in total. The van der Waals surface area contributed by atoms with Crippen LogP contribution in [0.25, 0.3) is 6.08 Å². The number of amidine groups is 1. The lowest BCUT2D eigenvalue weighted by molar-refractivity contribution is -0.121. The van der Waals surface area contributed by atoms with E-state index in [-0.39, 0.29) is 11.5 Å². The van der Waals surface area contributed by atoms with Crippen molar-refractivity contribution >= 4 is 40.6 Å². The number of carboxylic acid groups (broad SMARTS) is 1. The van der Waals surface area contributed by atoms with Gasteiger partial charge in [0.25, 0.3) is 5.91 Å². The van der Waals surface area contributed by atoms with Gasteiger partial charge in [-0.15, -0.1) is 0 Å². The van der Waals surface area contributed by atoms with Crippen LogP contribution in [0.15, 0.2) is 58.4 Å². The number of likely N-dealkylation sites (N-methyl/N-ethyl adjacent to an activating group) is 1. The molecule has 1 heterocycles. The van der Waals surface area contributed by atoms with Crippen LogP contribution in [-0.4, -0.2) is 41.2 Å². The highest BCUT2D eigenvalue weighted by atomic mass is 32.2. The monoisotopic (exact) mass is 368 g/mol. The van der Waals surface area contributed by atoms with Crippen molar-refractivity contribution in [1.29, 1.82) is 0 Å². The number of ether oxygens (including phenoxy) is 1. The molecule has 0 radical (unpaired) electrons. The van der Waals surface area contributed by atoms with Gasteiger partial charge in [0.1, 0.15) is 5.75 Å². The van der Waals surface area contributed by atoms with Crippen LogP contribution in [0.5, 0.6) is 5.75 Å². The quantitative estimate of drug-likeness (QED) is 0.834. The minimum Gasteiger partial charge on any atom is -0.497 e. The summed E-state index contributed by atoms with van der Waals surface area (Å²) in [6, 6.07) is 13.8. The maximum atomic E-state index is 12.5. The van der Waals surface area contributed by atoms with Gasteiger partial charge in [-0.25, -0.2) is 9.79 Å². The van der Waals surface area contributed by atoms with Crippen LogP contribution in [0, 0.1) is 0 Å². The van der Waals surface area contributed by atoms with E-state index in [1.165, 1.54) is 22.7 Å². The van der Waals surface area contributed by atoms with Gasteiger partial charge in [0.05, 0.1) is 23.3 Å². The topological polar surface area (TPSA) is 79.2 Å². The summed E-state index contributed by atoms with van der Waals surface area (Å²) in [5, 5.41) is 9.70. The third kappa shape index (κ3) is 3.62. The summed E-state index contributed by atoms with van der Waals surface area (Å²) in [6.07, 6.45) is 1.76. The van der Waals surface area contributed by atoms with E-state index in [0.717, 1.165) is 5.56 Å². The Balaban J connectivity index is 1.94. The first-order chi connectivity index (χ1) is 12.5. The standard InChI is InChI=1S/C19H16N2O4S/c1-21-17(22)16(11-12-6-5-7-13(10-12)25-2)26-19(21)20-15-9-4-3-8-14(15)18(23)24/h3-11H,1-2H3,(H,23,24)/b16-11-,20-19?. The zero-order chi connectivity index (χ0) is 18.7. The van der Waals surface area contributed by atoms with Crippen molar-refractivity contribution in [3.8, 4) is 5.75 Å². The van der Waals surface area contributed by atoms with Crippen LogP contribution >= 0.6 is 11.8 Å². The second-order valence-corrected chi connectivity index (χ2v) is 6.48. The summed E-state index contributed by atoms with van der Waals surface area (Å²) in [4.78, 5) is 30.1. The normalized spacial score (nSPS) is 17.2. The number of carboxylic acids is 1. The number of para-hydroxylation sites is 1. The number of carbonyl (C=O) groups is 2. The SMILES string of the molecule is COc1cccc(/C=C2\SC(=Nc3ccccc3C(=O)O)N(C)C2=O)c1. The minimum atomic E-state index is -1.06. The van der Waals surface area contributed by atoms with Gasteiger partial charge in [-0.3, -0.25) is 9.69 Å². The Kier molecular flexibility index (Phi) is 5.09. The molecular weight excluding hydrogens is 352 g/mol. The van der Waals surface area contributed by atoms with Crippen LogP contribution in [0.2, 0.25) is 0 Å². The molecule has 0 unspecified atom stereocenters. The molecule has 0 aromatic heterocycles. The highest BCUT2D eigenvalue weighted by Gasteiger charge is 2.30. The summed E-state index contributed by atoms with van der Waals surface area (Å²) in [5.41, 5.74) is 1.23. The number of rotatable bonds is 4. The molecule has 26 heavy (non-hydrogen) atoms. The fraction of sp³-hybridized carbons (Fsp3) is 0.105. The Bertz CT molecular complexity index is 937. The van der Waals surface area contributed by atoms with Gasteiger partial charge in [-0.05, 0) is 47.7 Å². The average Bonchev–Trinajstić information content (AvgIpc) is 2.90. The Morgan fingerprint density at radius 3 is 2.73 bits per heavy atom. The van der Waals surface area contributed by atoms with E-state index in [2.05, 4.69) is 4.99 Å². The number of amides is 1. The largest absolute Gasteiger partial charge is 0.497 e. The molecule has 0 spiro atoms. The molecule has 1 fully saturated rings. The van der Waals surface area contributed by atoms with Crippen molar-refractivity contribution in [3.05, 3.63) is 64.6 Å². The van der Waals surface area contributed by atoms with Crippen LogP contribution in [-0.2, 0) is 4.79 Å². The molecule has 0 atom stereocenters. The molecule has 1 amide bonds. The molecule has 132 valence electrons. The van der Waals surface area contributed by atoms with E-state index >= 15 is 0 Å². The van der Waals surface area contributed by atoms with Crippen molar-refractivity contribution in [1.82, 2.24) is 4.90 Å². The lowest BCUT2D eigenvalue weighted by Gasteiger charge is -2.08. The maximum absolute atomic E-state index is 12.5. The summed E-state index contributed by atoms with van der Waals surface area (Å²) in [6.45, 7) is 0. The second kappa shape index (κ2) is 7.45. The highest BCUT2D eigenvalue weighted by molar-refractivity contribution is 8.18. The number of hydrogen-bond acceptors (Lipinski definition) is 5. The highest BCUT2D eigenvalue weighted by Crippen LogP contribution is 2.34. The first kappa shape index (κ1) is 17.8. The summed E-state index contributed by atoms with van der Waals surface area (Å²) in [5.74, 6) is -0.550. The number of carbonyl (C=O) groups excluding carboxylic acids is 1. The van der Waals surface area contributed by atoms with E-state index in [1.807, 2.05) is 24.3 Å². The lowest BCUT2D eigenvalue weighted by Crippen LogP contribution is -2.23. The molecule has 1 aliphatic heterocycles. The third-order valence-corrected chi connectivity index (χ3v) is 4.81. The van der Waals surface area contributed by atoms with E-state index in [9.17, 15) is 14.7 Å². The molecule has 0 bridgehead atoms. The number of nitrogens with zero attached hydrogens (tertiary/aromatic N) is 2. The van der Waals surface area contributed by atoms with Crippen LogP contribution < -0.4 is 4.74 Å². The predicted octanol–water partition coefficient (Wildman–Crippen LogP) is 3.63. The van der Waals surface area contributed by atoms with Gasteiger partial charge in [-0.2, -0.15) is 0 Å². The Morgan fingerprint density at radius 1 is 1.23 bits per heavy atom. The molecule has 1 saturated heterocycles. The van der Waals surface area contributed by atoms with Crippen molar-refractivity contribution in [2.45, 2.75) is 0 Å². The van der Waals surface area contributed by atoms with Crippen molar-refractivity contribution in [2.24, 2.45) is 4.99 Å². The van der Waals surface area contributed by atoms with Gasteiger partial charge in [0, 0.05) is 7.05 Å². The number of methoxy groups -OCH3 is 1. The molecule has 0 aliphatic carbocycles. The molecule has 7 heteroatoms. The first-order valence-corrected chi connectivity index (χ1v) is 8.54. The van der Waals surface area contributed by atoms with Gasteiger partial charge in [0.15, 0.2) is 5.17 Å². The van der Waals surface area contributed by atoms with Crippen LogP contribution in [0.1, 0.15) is 15.9 Å². The zero-order valence-corrected chi connectivity index (χ0v) is 15.0. The van der Waals surface area contributed by atoms with Crippen molar-refractivity contribution < 1.29 is 19.4 Å². The van der Waals surface area contributed by atoms with Crippen LogP contribution in [0.4, 0.5) is 5.69 Å². The Hall–Kier alpha value is -3.06. The molecule has 1 aliphatic rings. The smallest absolute Gasteiger partial charge is 0.337 e. The van der Waals surface area contributed by atoms with E-state index in [1.54, 1.807) is 38.4 Å². The molecule has 0 saturated carbocycles. The minimum absolute atomic E-state index is 0.0895. The second-order valence-electron chi connectivity index (χ2n) is 5.47. The number of thioether (sulfide) groups is 1. The third-order valence-electron chi connectivity index (χ3n) is 3.75. The summed E-state index contributed by atoms with van der Waals surface area (Å²) >= 11 is 1.20. The van der Waals surface area contributed by atoms with Crippen molar-refractivity contribution in [3.63, 3.8) is 0 Å². The lowest BCUT2D eigenvalue weighted by atomic mass is 10.2. The first-order valence-electron chi connectivity index (χ1n) is 7.72. The number of hydrogen-bond donors (Lipinski definition) is 1. The predicted molar refractivity (Wildman–Crippen MR) is 102 cm³/mol. The summed E-state index contributed by atoms with van der Waals surface area (Å²) < 4.78 is 5.19. The number of benzene rings is 2. The molecule has 2 aromatic rings. The zero-order valence-electron chi connectivity index (χ0n) is 14.2. The van der Waals surface area contributed by atoms with Gasteiger partial charge in [-0.1, -0.05) is 24.3 Å². The molecular formula is C19H16N2O4S. The summed E-state index contributed by atoms with van der Waals surface area (Å²) in [7, 11) is 3.20. The fourth-order valence-electron chi connectivity index (χ4n) is 2.39. The van der Waals surface area contributed by atoms with Crippen molar-refractivity contribution in [2.75, 3.05) is 14.2 Å². The maximum Gasteiger partial charge on any atom is 0.337 e. The number of aromatic carboxylic acids is 1.